The maximum absolute atomic E-state index is 11.9. The summed E-state index contributed by atoms with van der Waals surface area (Å²) in [5.74, 6) is 3.74. The number of fused-ring (bicyclic) bond motifs is 1. The number of likely N-dealkylation sites (N-methyl/N-ethyl adjacent to an activating group) is 1. The predicted molar refractivity (Wildman–Crippen MR) is 89.5 cm³/mol. The molecular weight excluding hydrogens is 290 g/mol. The van der Waals surface area contributed by atoms with Crippen molar-refractivity contribution in [2.24, 2.45) is 11.8 Å². The maximum atomic E-state index is 11.9. The van der Waals surface area contributed by atoms with E-state index in [1.807, 2.05) is 7.05 Å². The molecule has 0 bridgehead atoms. The van der Waals surface area contributed by atoms with Gasteiger partial charge in [-0.3, -0.25) is 4.79 Å². The molecule has 6 nitrogen and oxygen atoms in total. The van der Waals surface area contributed by atoms with Crippen molar-refractivity contribution < 1.29 is 4.79 Å². The number of carbonyl (C=O) groups is 1. The summed E-state index contributed by atoms with van der Waals surface area (Å²) in [6.45, 7) is 4.26. The quantitative estimate of drug-likeness (QED) is 0.825. The van der Waals surface area contributed by atoms with Crippen LogP contribution in [0.3, 0.4) is 0 Å². The van der Waals surface area contributed by atoms with E-state index in [9.17, 15) is 4.79 Å². The summed E-state index contributed by atoms with van der Waals surface area (Å²) in [6, 6.07) is 2.07. The highest BCUT2D eigenvalue weighted by atomic mass is 16.2. The molecule has 124 valence electrons. The zero-order valence-corrected chi connectivity index (χ0v) is 13.8. The number of hydrogen-bond donors (Lipinski definition) is 0. The van der Waals surface area contributed by atoms with E-state index in [4.69, 9.17) is 0 Å². The van der Waals surface area contributed by atoms with Crippen molar-refractivity contribution in [2.45, 2.75) is 25.7 Å². The van der Waals surface area contributed by atoms with Crippen molar-refractivity contribution in [2.75, 3.05) is 49.6 Å². The van der Waals surface area contributed by atoms with E-state index in [1.165, 1.54) is 25.7 Å². The molecule has 0 spiro atoms. The van der Waals surface area contributed by atoms with E-state index in [2.05, 4.69) is 25.8 Å². The van der Waals surface area contributed by atoms with Gasteiger partial charge in [0.1, 0.15) is 18.0 Å². The fourth-order valence-electron chi connectivity index (χ4n) is 4.23. The Morgan fingerprint density at radius 3 is 2.30 bits per heavy atom. The molecule has 3 fully saturated rings. The molecule has 2 saturated heterocycles. The molecule has 3 aliphatic rings. The third-order valence-corrected chi connectivity index (χ3v) is 5.72. The Balaban J connectivity index is 1.49. The Morgan fingerprint density at radius 1 is 1.00 bits per heavy atom. The number of hydrogen-bond acceptors (Lipinski definition) is 5. The molecule has 6 heteroatoms. The minimum Gasteiger partial charge on any atom is -0.356 e. The summed E-state index contributed by atoms with van der Waals surface area (Å²) in [7, 11) is 1.86. The second-order valence-electron chi connectivity index (χ2n) is 7.18. The molecule has 1 saturated carbocycles. The highest BCUT2D eigenvalue weighted by molar-refractivity contribution is 5.82. The SMILES string of the molecule is CN1CCN(c2cc(N3CC4CCCCC4C3)ncn2)CC1=O. The van der Waals surface area contributed by atoms with Crippen LogP contribution in [0.15, 0.2) is 12.4 Å². The molecule has 23 heavy (non-hydrogen) atoms. The molecule has 2 unspecified atom stereocenters. The topological polar surface area (TPSA) is 52.6 Å². The first-order valence-electron chi connectivity index (χ1n) is 8.76. The van der Waals surface area contributed by atoms with Gasteiger partial charge in [-0.15, -0.1) is 0 Å². The van der Waals surface area contributed by atoms with Gasteiger partial charge in [-0.05, 0) is 24.7 Å². The molecular formula is C17H25N5O. The highest BCUT2D eigenvalue weighted by Crippen LogP contribution is 2.37. The minimum absolute atomic E-state index is 0.156. The van der Waals surface area contributed by atoms with Gasteiger partial charge < -0.3 is 14.7 Å². The van der Waals surface area contributed by atoms with Gasteiger partial charge in [0.2, 0.25) is 5.91 Å². The summed E-state index contributed by atoms with van der Waals surface area (Å²) in [6.07, 6.45) is 7.15. The monoisotopic (exact) mass is 315 g/mol. The van der Waals surface area contributed by atoms with Gasteiger partial charge in [0.15, 0.2) is 0 Å². The van der Waals surface area contributed by atoms with Gasteiger partial charge in [-0.2, -0.15) is 0 Å². The molecule has 1 aromatic heterocycles. The van der Waals surface area contributed by atoms with E-state index in [-0.39, 0.29) is 5.91 Å². The summed E-state index contributed by atoms with van der Waals surface area (Å²) in [5, 5.41) is 0. The van der Waals surface area contributed by atoms with Gasteiger partial charge in [0.25, 0.3) is 0 Å². The molecule has 2 aliphatic heterocycles. The first-order chi connectivity index (χ1) is 11.2. The first kappa shape index (κ1) is 14.7. The van der Waals surface area contributed by atoms with Crippen LogP contribution in [-0.2, 0) is 4.79 Å². The molecule has 1 aromatic rings. The van der Waals surface area contributed by atoms with Crippen molar-refractivity contribution in [1.29, 1.82) is 0 Å². The molecule has 0 N–H and O–H groups in total. The Hall–Kier alpha value is -1.85. The van der Waals surface area contributed by atoms with Crippen molar-refractivity contribution >= 4 is 17.5 Å². The van der Waals surface area contributed by atoms with Gasteiger partial charge in [0, 0.05) is 39.3 Å². The Morgan fingerprint density at radius 2 is 1.65 bits per heavy atom. The first-order valence-corrected chi connectivity index (χ1v) is 8.76. The van der Waals surface area contributed by atoms with Crippen LogP contribution in [0.2, 0.25) is 0 Å². The van der Waals surface area contributed by atoms with E-state index < -0.39 is 0 Å². The fraction of sp³-hybridized carbons (Fsp3) is 0.706. The smallest absolute Gasteiger partial charge is 0.241 e. The van der Waals surface area contributed by atoms with Crippen LogP contribution in [0.4, 0.5) is 11.6 Å². The lowest BCUT2D eigenvalue weighted by molar-refractivity contribution is -0.129. The zero-order valence-electron chi connectivity index (χ0n) is 13.8. The molecule has 2 atom stereocenters. The van der Waals surface area contributed by atoms with E-state index >= 15 is 0 Å². The highest BCUT2D eigenvalue weighted by Gasteiger charge is 2.35. The third kappa shape index (κ3) is 2.86. The zero-order chi connectivity index (χ0) is 15.8. The van der Waals surface area contributed by atoms with Crippen molar-refractivity contribution in [1.82, 2.24) is 14.9 Å². The van der Waals surface area contributed by atoms with Gasteiger partial charge in [-0.1, -0.05) is 12.8 Å². The summed E-state index contributed by atoms with van der Waals surface area (Å²) in [4.78, 5) is 27.1. The van der Waals surface area contributed by atoms with Crippen molar-refractivity contribution in [3.63, 3.8) is 0 Å². The molecule has 3 heterocycles. The van der Waals surface area contributed by atoms with Gasteiger partial charge >= 0.3 is 0 Å². The summed E-state index contributed by atoms with van der Waals surface area (Å²) < 4.78 is 0. The third-order valence-electron chi connectivity index (χ3n) is 5.72. The van der Waals surface area contributed by atoms with Crippen LogP contribution in [0, 0.1) is 11.8 Å². The molecule has 0 aromatic carbocycles. The maximum Gasteiger partial charge on any atom is 0.241 e. The molecule has 1 amide bonds. The number of aromatic nitrogens is 2. The van der Waals surface area contributed by atoms with Crippen LogP contribution >= 0.6 is 0 Å². The van der Waals surface area contributed by atoms with Crippen LogP contribution in [0.5, 0.6) is 0 Å². The average molecular weight is 315 g/mol. The lowest BCUT2D eigenvalue weighted by Crippen LogP contribution is -2.48. The second-order valence-corrected chi connectivity index (χ2v) is 7.18. The number of amides is 1. The van der Waals surface area contributed by atoms with E-state index in [0.717, 1.165) is 49.7 Å². The minimum atomic E-state index is 0.156. The average Bonchev–Trinajstić information content (AvgIpc) is 3.02. The molecule has 1 aliphatic carbocycles. The number of carbonyl (C=O) groups excluding carboxylic acids is 1. The number of piperazine rings is 1. The van der Waals surface area contributed by atoms with Gasteiger partial charge in [-0.25, -0.2) is 9.97 Å². The summed E-state index contributed by atoms with van der Waals surface area (Å²) >= 11 is 0. The largest absolute Gasteiger partial charge is 0.356 e. The molecule has 4 rings (SSSR count). The fourth-order valence-corrected chi connectivity index (χ4v) is 4.23. The van der Waals surface area contributed by atoms with Crippen LogP contribution < -0.4 is 9.80 Å². The van der Waals surface area contributed by atoms with Gasteiger partial charge in [0.05, 0.1) is 6.54 Å². The molecule has 0 radical (unpaired) electrons. The lowest BCUT2D eigenvalue weighted by atomic mass is 9.82. The Kier molecular flexibility index (Phi) is 3.83. The van der Waals surface area contributed by atoms with E-state index in [0.29, 0.717) is 6.54 Å². The normalized spacial score (nSPS) is 28.2. The number of anilines is 2. The number of nitrogens with zero attached hydrogens (tertiary/aromatic N) is 5. The van der Waals surface area contributed by atoms with Crippen molar-refractivity contribution in [3.05, 3.63) is 12.4 Å². The lowest BCUT2D eigenvalue weighted by Gasteiger charge is -2.33. The predicted octanol–water partition coefficient (Wildman–Crippen LogP) is 1.38. The Bertz CT molecular complexity index is 578. The van der Waals surface area contributed by atoms with Crippen LogP contribution in [0.1, 0.15) is 25.7 Å². The Labute approximate surface area is 137 Å². The van der Waals surface area contributed by atoms with Crippen molar-refractivity contribution in [3.8, 4) is 0 Å². The van der Waals surface area contributed by atoms with Crippen LogP contribution in [0.25, 0.3) is 0 Å². The standard InChI is InChI=1S/C17H25N5O/c1-20-6-7-21(11-17(20)23)15-8-16(19-12-18-15)22-9-13-4-2-3-5-14(13)10-22/h8,12-14H,2-7,9-11H2,1H3. The summed E-state index contributed by atoms with van der Waals surface area (Å²) in [5.41, 5.74) is 0. The second kappa shape index (κ2) is 5.98. The van der Waals surface area contributed by atoms with Crippen LogP contribution in [-0.4, -0.2) is 60.5 Å². The number of rotatable bonds is 2. The van der Waals surface area contributed by atoms with E-state index in [1.54, 1.807) is 11.2 Å².